The molecule has 1 atom stereocenters. The van der Waals surface area contributed by atoms with Crippen LogP contribution in [0.25, 0.3) is 21.9 Å². The van der Waals surface area contributed by atoms with Gasteiger partial charge in [0, 0.05) is 46.8 Å². The molecule has 0 spiro atoms. The molecule has 1 aliphatic heterocycles. The molecule has 1 aromatic carbocycles. The lowest BCUT2D eigenvalue weighted by Gasteiger charge is -2.18. The number of benzene rings is 1. The third-order valence-corrected chi connectivity index (χ3v) is 7.04. The first-order chi connectivity index (χ1) is 15.5. The van der Waals surface area contributed by atoms with Crippen molar-refractivity contribution in [1.82, 2.24) is 19.9 Å². The largest absolute Gasteiger partial charge is 0.465 e. The number of anilines is 1. The Kier molecular flexibility index (Phi) is 5.48. The van der Waals surface area contributed by atoms with Crippen LogP contribution in [0, 0.1) is 0 Å². The number of carbonyl (C=O) groups excluding carboxylic acids is 1. The zero-order valence-electron chi connectivity index (χ0n) is 17.7. The van der Waals surface area contributed by atoms with E-state index < -0.39 is 0 Å². The Labute approximate surface area is 193 Å². The third kappa shape index (κ3) is 3.60. The second-order valence-corrected chi connectivity index (χ2v) is 9.24. The SMILES string of the molecule is CCc1[nH]c2nc(Sc3ccc4[nH]cc(C(=O)OC)c4c3)nc(N3CC[C@@H](N)C3)c2c1Cl. The lowest BCUT2D eigenvalue weighted by atomic mass is 10.2. The number of nitrogens with zero attached hydrogens (tertiary/aromatic N) is 3. The first kappa shape index (κ1) is 21.1. The van der Waals surface area contributed by atoms with E-state index in [9.17, 15) is 4.79 Å². The summed E-state index contributed by atoms with van der Waals surface area (Å²) in [4.78, 5) is 31.3. The number of aromatic nitrogens is 4. The van der Waals surface area contributed by atoms with Gasteiger partial charge in [-0.15, -0.1) is 0 Å². The summed E-state index contributed by atoms with van der Waals surface area (Å²) in [7, 11) is 1.38. The lowest BCUT2D eigenvalue weighted by molar-refractivity contribution is 0.0603. The minimum atomic E-state index is -0.378. The smallest absolute Gasteiger partial charge is 0.340 e. The van der Waals surface area contributed by atoms with Crippen LogP contribution in [0.15, 0.2) is 34.4 Å². The van der Waals surface area contributed by atoms with E-state index in [2.05, 4.69) is 21.8 Å². The number of aryl methyl sites for hydroxylation is 1. The van der Waals surface area contributed by atoms with Gasteiger partial charge < -0.3 is 25.3 Å². The number of hydrogen-bond donors (Lipinski definition) is 3. The lowest BCUT2D eigenvalue weighted by Crippen LogP contribution is -2.27. The Balaban J connectivity index is 1.58. The van der Waals surface area contributed by atoms with Crippen molar-refractivity contribution in [3.63, 3.8) is 0 Å². The molecule has 1 fully saturated rings. The van der Waals surface area contributed by atoms with E-state index in [-0.39, 0.29) is 12.0 Å². The molecule has 4 N–H and O–H groups in total. The van der Waals surface area contributed by atoms with Crippen molar-refractivity contribution in [2.75, 3.05) is 25.1 Å². The Morgan fingerprint density at radius 3 is 2.97 bits per heavy atom. The maximum absolute atomic E-state index is 12.1. The summed E-state index contributed by atoms with van der Waals surface area (Å²) in [6.07, 6.45) is 3.35. The molecule has 4 aromatic rings. The van der Waals surface area contributed by atoms with Gasteiger partial charge in [-0.2, -0.15) is 0 Å². The number of halogens is 1. The minimum Gasteiger partial charge on any atom is -0.465 e. The number of fused-ring (bicyclic) bond motifs is 2. The average molecular weight is 471 g/mol. The van der Waals surface area contributed by atoms with Crippen molar-refractivity contribution in [2.45, 2.75) is 35.9 Å². The second kappa shape index (κ2) is 8.31. The molecule has 3 aromatic heterocycles. The molecule has 10 heteroatoms. The van der Waals surface area contributed by atoms with Crippen LogP contribution in [-0.4, -0.2) is 52.1 Å². The Bertz CT molecular complexity index is 1330. The normalized spacial score (nSPS) is 16.4. The summed E-state index contributed by atoms with van der Waals surface area (Å²) in [5.41, 5.74) is 9.18. The summed E-state index contributed by atoms with van der Waals surface area (Å²) in [6.45, 7) is 3.62. The highest BCUT2D eigenvalue weighted by Gasteiger charge is 2.26. The Morgan fingerprint density at radius 1 is 1.41 bits per heavy atom. The highest BCUT2D eigenvalue weighted by Crippen LogP contribution is 2.38. The predicted molar refractivity (Wildman–Crippen MR) is 127 cm³/mol. The van der Waals surface area contributed by atoms with Crippen LogP contribution in [0.3, 0.4) is 0 Å². The van der Waals surface area contributed by atoms with Gasteiger partial charge in [0.2, 0.25) is 0 Å². The summed E-state index contributed by atoms with van der Waals surface area (Å²) in [6, 6.07) is 5.97. The number of nitrogens with one attached hydrogen (secondary N) is 2. The fourth-order valence-corrected chi connectivity index (χ4v) is 5.26. The van der Waals surface area contributed by atoms with E-state index in [1.807, 2.05) is 18.2 Å². The minimum absolute atomic E-state index is 0.118. The number of H-pyrrole nitrogens is 2. The van der Waals surface area contributed by atoms with Crippen LogP contribution in [0.4, 0.5) is 5.82 Å². The zero-order valence-corrected chi connectivity index (χ0v) is 19.3. The summed E-state index contributed by atoms with van der Waals surface area (Å²) in [5, 5.41) is 2.91. The molecule has 166 valence electrons. The molecule has 8 nitrogen and oxygen atoms in total. The van der Waals surface area contributed by atoms with Crippen LogP contribution >= 0.6 is 23.4 Å². The summed E-state index contributed by atoms with van der Waals surface area (Å²) < 4.78 is 4.89. The number of esters is 1. The maximum Gasteiger partial charge on any atom is 0.340 e. The van der Waals surface area contributed by atoms with Gasteiger partial charge in [0.25, 0.3) is 0 Å². The van der Waals surface area contributed by atoms with Gasteiger partial charge in [-0.25, -0.2) is 14.8 Å². The number of ether oxygens (including phenoxy) is 1. The molecule has 1 saturated heterocycles. The molecule has 0 radical (unpaired) electrons. The Morgan fingerprint density at radius 2 is 2.25 bits per heavy atom. The van der Waals surface area contributed by atoms with Gasteiger partial charge in [-0.1, -0.05) is 18.5 Å². The van der Waals surface area contributed by atoms with Gasteiger partial charge in [-0.05, 0) is 42.8 Å². The van der Waals surface area contributed by atoms with Gasteiger partial charge in [0.15, 0.2) is 5.16 Å². The van der Waals surface area contributed by atoms with Gasteiger partial charge in [-0.3, -0.25) is 0 Å². The third-order valence-electron chi connectivity index (χ3n) is 5.77. The molecule has 32 heavy (non-hydrogen) atoms. The van der Waals surface area contributed by atoms with Crippen LogP contribution in [0.1, 0.15) is 29.4 Å². The van der Waals surface area contributed by atoms with Crippen LogP contribution in [-0.2, 0) is 11.2 Å². The molecule has 4 heterocycles. The number of carbonyl (C=O) groups is 1. The fourth-order valence-electron chi connectivity index (χ4n) is 4.12. The number of nitrogens with two attached hydrogens (primary N) is 1. The van der Waals surface area contributed by atoms with E-state index in [4.69, 9.17) is 32.0 Å². The van der Waals surface area contributed by atoms with Crippen LogP contribution < -0.4 is 10.6 Å². The molecule has 0 saturated carbocycles. The topological polar surface area (TPSA) is 113 Å². The molecular formula is C22H23ClN6O2S. The van der Waals surface area contributed by atoms with Gasteiger partial charge >= 0.3 is 5.97 Å². The molecule has 0 bridgehead atoms. The number of rotatable bonds is 5. The van der Waals surface area contributed by atoms with E-state index in [1.165, 1.54) is 18.9 Å². The fraction of sp³-hybridized carbons (Fsp3) is 0.318. The standard InChI is InChI=1S/C22H23ClN6O2S/c1-3-15-18(23)17-19(26-15)27-22(28-20(17)29-7-6-11(24)10-29)32-12-4-5-16-13(8-12)14(9-25-16)21(30)31-2/h4-5,8-9,11,25H,3,6-7,10,24H2,1-2H3,(H,26,27,28)/t11-/m1/s1. The molecular weight excluding hydrogens is 448 g/mol. The molecule has 5 rings (SSSR count). The average Bonchev–Trinajstić information content (AvgIpc) is 3.49. The molecule has 0 amide bonds. The second-order valence-electron chi connectivity index (χ2n) is 7.82. The quantitative estimate of drug-likeness (QED) is 0.297. The van der Waals surface area contributed by atoms with Gasteiger partial charge in [0.1, 0.15) is 11.5 Å². The van der Waals surface area contributed by atoms with Crippen LogP contribution in [0.2, 0.25) is 5.02 Å². The van der Waals surface area contributed by atoms with Crippen molar-refractivity contribution in [2.24, 2.45) is 5.73 Å². The predicted octanol–water partition coefficient (Wildman–Crippen LogP) is 4.13. The number of methoxy groups -OCH3 is 1. The van der Waals surface area contributed by atoms with E-state index in [1.54, 1.807) is 6.20 Å². The van der Waals surface area contributed by atoms with Crippen LogP contribution in [0.5, 0.6) is 0 Å². The Hall–Kier alpha value is -2.75. The molecule has 1 aliphatic rings. The van der Waals surface area contributed by atoms with Crippen molar-refractivity contribution in [3.8, 4) is 0 Å². The first-order valence-corrected chi connectivity index (χ1v) is 11.6. The summed E-state index contributed by atoms with van der Waals surface area (Å²) in [5.74, 6) is 0.432. The highest BCUT2D eigenvalue weighted by molar-refractivity contribution is 7.99. The first-order valence-electron chi connectivity index (χ1n) is 10.4. The van der Waals surface area contributed by atoms with Crippen molar-refractivity contribution in [1.29, 1.82) is 0 Å². The molecule has 0 aliphatic carbocycles. The van der Waals surface area contributed by atoms with Crippen molar-refractivity contribution < 1.29 is 9.53 Å². The van der Waals surface area contributed by atoms with Crippen molar-refractivity contribution >= 4 is 57.1 Å². The van der Waals surface area contributed by atoms with Crippen molar-refractivity contribution in [3.05, 3.63) is 40.7 Å². The molecule has 0 unspecified atom stereocenters. The zero-order chi connectivity index (χ0) is 22.4. The number of hydrogen-bond acceptors (Lipinski definition) is 7. The summed E-state index contributed by atoms with van der Waals surface area (Å²) >= 11 is 8.12. The van der Waals surface area contributed by atoms with E-state index >= 15 is 0 Å². The van der Waals surface area contributed by atoms with Gasteiger partial charge in [0.05, 0.1) is 23.1 Å². The van der Waals surface area contributed by atoms with E-state index in [0.29, 0.717) is 15.7 Å². The van der Waals surface area contributed by atoms with E-state index in [0.717, 1.165) is 64.3 Å². The maximum atomic E-state index is 12.1. The monoisotopic (exact) mass is 470 g/mol. The number of aromatic amines is 2. The highest BCUT2D eigenvalue weighted by atomic mass is 35.5.